The van der Waals surface area contributed by atoms with Crippen LogP contribution in [0.5, 0.6) is 5.75 Å². The molecule has 0 aliphatic carbocycles. The molecule has 1 N–H and O–H groups in total. The summed E-state index contributed by atoms with van der Waals surface area (Å²) >= 11 is 1.36. The van der Waals surface area contributed by atoms with Crippen molar-refractivity contribution in [1.29, 1.82) is 0 Å². The summed E-state index contributed by atoms with van der Waals surface area (Å²) in [7, 11) is 1.57. The SMILES string of the molecule is COc1cccc(COC(=O)CCNC(=O)CCC(=O)c2cccs2)c1. The van der Waals surface area contributed by atoms with Crippen LogP contribution in [-0.4, -0.2) is 31.3 Å². The molecule has 0 atom stereocenters. The van der Waals surface area contributed by atoms with E-state index in [1.165, 1.54) is 11.3 Å². The number of carbonyl (C=O) groups excluding carboxylic acids is 3. The Hall–Kier alpha value is -2.67. The number of amides is 1. The van der Waals surface area contributed by atoms with Gasteiger partial charge >= 0.3 is 5.97 Å². The van der Waals surface area contributed by atoms with E-state index in [1.807, 2.05) is 23.6 Å². The van der Waals surface area contributed by atoms with Crippen molar-refractivity contribution in [1.82, 2.24) is 5.32 Å². The summed E-state index contributed by atoms with van der Waals surface area (Å²) in [6.45, 7) is 0.336. The van der Waals surface area contributed by atoms with Gasteiger partial charge < -0.3 is 14.8 Å². The third kappa shape index (κ3) is 6.68. The number of ether oxygens (including phenoxy) is 2. The van der Waals surface area contributed by atoms with E-state index in [4.69, 9.17) is 9.47 Å². The average molecular weight is 375 g/mol. The summed E-state index contributed by atoms with van der Waals surface area (Å²) in [5.74, 6) is -0.00552. The summed E-state index contributed by atoms with van der Waals surface area (Å²) in [4.78, 5) is 35.9. The number of hydrogen-bond donors (Lipinski definition) is 1. The lowest BCUT2D eigenvalue weighted by Gasteiger charge is -2.07. The highest BCUT2D eigenvalue weighted by molar-refractivity contribution is 7.12. The fourth-order valence-electron chi connectivity index (χ4n) is 2.18. The van der Waals surface area contributed by atoms with E-state index >= 15 is 0 Å². The molecule has 2 rings (SSSR count). The zero-order valence-corrected chi connectivity index (χ0v) is 15.3. The second kappa shape index (κ2) is 10.4. The molecule has 26 heavy (non-hydrogen) atoms. The van der Waals surface area contributed by atoms with Gasteiger partial charge in [0.2, 0.25) is 5.91 Å². The van der Waals surface area contributed by atoms with Crippen molar-refractivity contribution >= 4 is 29.0 Å². The van der Waals surface area contributed by atoms with Crippen LogP contribution in [0.2, 0.25) is 0 Å². The average Bonchev–Trinajstić information content (AvgIpc) is 3.19. The van der Waals surface area contributed by atoms with Crippen molar-refractivity contribution in [3.8, 4) is 5.75 Å². The van der Waals surface area contributed by atoms with Gasteiger partial charge in [-0.1, -0.05) is 18.2 Å². The minimum absolute atomic E-state index is 0.0483. The Labute approximate surface area is 156 Å². The molecule has 138 valence electrons. The maximum absolute atomic E-state index is 11.8. The van der Waals surface area contributed by atoms with Crippen molar-refractivity contribution in [3.63, 3.8) is 0 Å². The normalized spacial score (nSPS) is 10.2. The minimum atomic E-state index is -0.400. The molecular weight excluding hydrogens is 354 g/mol. The number of esters is 1. The number of carbonyl (C=O) groups is 3. The summed E-state index contributed by atoms with van der Waals surface area (Å²) in [6, 6.07) is 10.8. The second-order valence-electron chi connectivity index (χ2n) is 5.51. The Morgan fingerprint density at radius 1 is 1.08 bits per heavy atom. The standard InChI is InChI=1S/C19H21NO5S/c1-24-15-5-2-4-14(12-15)13-25-19(23)9-10-20-18(22)8-7-16(21)17-6-3-11-26-17/h2-6,11-12H,7-10,13H2,1H3,(H,20,22). The van der Waals surface area contributed by atoms with Crippen molar-refractivity contribution < 1.29 is 23.9 Å². The summed E-state index contributed by atoms with van der Waals surface area (Å²) in [5.41, 5.74) is 0.828. The highest BCUT2D eigenvalue weighted by Gasteiger charge is 2.11. The van der Waals surface area contributed by atoms with E-state index in [-0.39, 0.29) is 44.1 Å². The third-order valence-electron chi connectivity index (χ3n) is 3.56. The Morgan fingerprint density at radius 2 is 1.92 bits per heavy atom. The molecule has 0 radical (unpaired) electrons. The molecule has 0 bridgehead atoms. The highest BCUT2D eigenvalue weighted by Crippen LogP contribution is 2.13. The fraction of sp³-hybridized carbons (Fsp3) is 0.316. The smallest absolute Gasteiger partial charge is 0.307 e. The van der Waals surface area contributed by atoms with Gasteiger partial charge in [-0.3, -0.25) is 14.4 Å². The Bertz CT molecular complexity index is 742. The molecule has 1 aromatic heterocycles. The van der Waals surface area contributed by atoms with Gasteiger partial charge in [-0.25, -0.2) is 0 Å². The van der Waals surface area contributed by atoms with Gasteiger partial charge in [0.15, 0.2) is 5.78 Å². The van der Waals surface area contributed by atoms with Crippen LogP contribution in [0.15, 0.2) is 41.8 Å². The largest absolute Gasteiger partial charge is 0.497 e. The molecule has 6 nitrogen and oxygen atoms in total. The maximum atomic E-state index is 11.8. The number of nitrogens with one attached hydrogen (secondary N) is 1. The minimum Gasteiger partial charge on any atom is -0.497 e. The van der Waals surface area contributed by atoms with Crippen molar-refractivity contribution in [2.45, 2.75) is 25.9 Å². The van der Waals surface area contributed by atoms with E-state index in [2.05, 4.69) is 5.32 Å². The molecule has 0 saturated heterocycles. The number of hydrogen-bond acceptors (Lipinski definition) is 6. The van der Waals surface area contributed by atoms with Crippen LogP contribution < -0.4 is 10.1 Å². The Balaban J connectivity index is 1.60. The van der Waals surface area contributed by atoms with Crippen LogP contribution >= 0.6 is 11.3 Å². The third-order valence-corrected chi connectivity index (χ3v) is 4.47. The lowest BCUT2D eigenvalue weighted by molar-refractivity contribution is -0.144. The molecule has 0 fully saturated rings. The van der Waals surface area contributed by atoms with Crippen LogP contribution in [0.4, 0.5) is 0 Å². The fourth-order valence-corrected chi connectivity index (χ4v) is 2.87. The number of Topliss-reactive ketones (excluding diaryl/α,β-unsaturated/α-hetero) is 1. The van der Waals surface area contributed by atoms with E-state index in [0.717, 1.165) is 5.56 Å². The summed E-state index contributed by atoms with van der Waals surface area (Å²) in [6.07, 6.45) is 0.344. The molecule has 0 aliphatic heterocycles. The van der Waals surface area contributed by atoms with Gasteiger partial charge in [0.25, 0.3) is 0 Å². The van der Waals surface area contributed by atoms with Crippen LogP contribution in [0.3, 0.4) is 0 Å². The molecule has 7 heteroatoms. The zero-order chi connectivity index (χ0) is 18.8. The monoisotopic (exact) mass is 375 g/mol. The highest BCUT2D eigenvalue weighted by atomic mass is 32.1. The number of benzene rings is 1. The van der Waals surface area contributed by atoms with Gasteiger partial charge in [0, 0.05) is 19.4 Å². The van der Waals surface area contributed by atoms with Crippen LogP contribution in [0.25, 0.3) is 0 Å². The molecule has 0 unspecified atom stereocenters. The van der Waals surface area contributed by atoms with Gasteiger partial charge in [-0.2, -0.15) is 0 Å². The van der Waals surface area contributed by atoms with Gasteiger partial charge in [-0.15, -0.1) is 11.3 Å². The molecule has 0 saturated carbocycles. The van der Waals surface area contributed by atoms with Crippen LogP contribution in [0.1, 0.15) is 34.5 Å². The first-order valence-corrected chi connectivity index (χ1v) is 9.08. The molecule has 1 heterocycles. The first kappa shape index (κ1) is 19.7. The summed E-state index contributed by atoms with van der Waals surface area (Å²) < 4.78 is 10.3. The topological polar surface area (TPSA) is 81.7 Å². The van der Waals surface area contributed by atoms with E-state index in [9.17, 15) is 14.4 Å². The predicted octanol–water partition coefficient (Wildman–Crippen LogP) is 2.97. The lowest BCUT2D eigenvalue weighted by atomic mass is 10.2. The quantitative estimate of drug-likeness (QED) is 0.510. The van der Waals surface area contributed by atoms with Gasteiger partial charge in [-0.05, 0) is 29.1 Å². The Kier molecular flexibility index (Phi) is 7.82. The molecule has 1 aromatic carbocycles. The molecule has 0 aliphatic rings. The van der Waals surface area contributed by atoms with Gasteiger partial charge in [0.1, 0.15) is 12.4 Å². The first-order valence-electron chi connectivity index (χ1n) is 8.20. The molecule has 1 amide bonds. The van der Waals surface area contributed by atoms with E-state index in [1.54, 1.807) is 25.3 Å². The molecule has 0 spiro atoms. The Morgan fingerprint density at radius 3 is 2.65 bits per heavy atom. The number of thiophene rings is 1. The number of methoxy groups -OCH3 is 1. The second-order valence-corrected chi connectivity index (χ2v) is 6.46. The van der Waals surface area contributed by atoms with Gasteiger partial charge in [0.05, 0.1) is 18.4 Å². The van der Waals surface area contributed by atoms with E-state index in [0.29, 0.717) is 10.6 Å². The number of rotatable bonds is 10. The molecular formula is C19H21NO5S. The first-order chi connectivity index (χ1) is 12.6. The van der Waals surface area contributed by atoms with Crippen molar-refractivity contribution in [2.24, 2.45) is 0 Å². The van der Waals surface area contributed by atoms with Crippen molar-refractivity contribution in [2.75, 3.05) is 13.7 Å². The van der Waals surface area contributed by atoms with Crippen LogP contribution in [-0.2, 0) is 20.9 Å². The molecule has 2 aromatic rings. The predicted molar refractivity (Wildman–Crippen MR) is 98.3 cm³/mol. The van der Waals surface area contributed by atoms with Crippen molar-refractivity contribution in [3.05, 3.63) is 52.2 Å². The summed E-state index contributed by atoms with van der Waals surface area (Å²) in [5, 5.41) is 4.45. The van der Waals surface area contributed by atoms with Crippen LogP contribution in [0, 0.1) is 0 Å². The maximum Gasteiger partial charge on any atom is 0.307 e. The zero-order valence-electron chi connectivity index (χ0n) is 14.5. The lowest BCUT2D eigenvalue weighted by Crippen LogP contribution is -2.26. The van der Waals surface area contributed by atoms with E-state index < -0.39 is 5.97 Å². The number of ketones is 1.